The van der Waals surface area contributed by atoms with E-state index in [2.05, 4.69) is 0 Å². The van der Waals surface area contributed by atoms with E-state index < -0.39 is 16.5 Å². The zero-order chi connectivity index (χ0) is 11.4. The van der Waals surface area contributed by atoms with Crippen molar-refractivity contribution in [3.63, 3.8) is 0 Å². The lowest BCUT2D eigenvalue weighted by atomic mass is 10.3. The Kier molecular flexibility index (Phi) is 4.86. The van der Waals surface area contributed by atoms with Crippen LogP contribution in [0.4, 0.5) is 3.89 Å². The second-order valence-electron chi connectivity index (χ2n) is 2.87. The molecule has 0 heterocycles. The summed E-state index contributed by atoms with van der Waals surface area (Å²) in [7, 11) is -3.61. The van der Waals surface area contributed by atoms with Crippen molar-refractivity contribution in [2.75, 3.05) is 7.05 Å². The smallest absolute Gasteiger partial charge is 0.399 e. The van der Waals surface area contributed by atoms with Crippen LogP contribution in [-0.4, -0.2) is 30.9 Å². The van der Waals surface area contributed by atoms with Crippen LogP contribution < -0.4 is 0 Å². The van der Waals surface area contributed by atoms with Gasteiger partial charge in [0.25, 0.3) is 0 Å². The topological polar surface area (TPSA) is 63.7 Å². The van der Waals surface area contributed by atoms with Gasteiger partial charge in [-0.1, -0.05) is 10.8 Å². The summed E-state index contributed by atoms with van der Waals surface area (Å²) in [5.41, 5.74) is 0. The molecular formula is C7H14FN2O3S-. The minimum absolute atomic E-state index is 0.389. The van der Waals surface area contributed by atoms with Gasteiger partial charge >= 0.3 is 10.4 Å². The Morgan fingerprint density at radius 2 is 2.00 bits per heavy atom. The molecule has 84 valence electrons. The van der Waals surface area contributed by atoms with E-state index in [1.807, 2.05) is 0 Å². The lowest BCUT2D eigenvalue weighted by molar-refractivity contribution is 0.382. The Morgan fingerprint density at radius 1 is 1.50 bits per heavy atom. The van der Waals surface area contributed by atoms with Gasteiger partial charge in [0.2, 0.25) is 0 Å². The molecule has 0 N–H and O–H groups in total. The van der Waals surface area contributed by atoms with E-state index in [0.717, 1.165) is 12.4 Å². The first-order chi connectivity index (χ1) is 6.29. The van der Waals surface area contributed by atoms with E-state index in [4.69, 9.17) is 0 Å². The van der Waals surface area contributed by atoms with Crippen LogP contribution in [0.5, 0.6) is 0 Å². The number of nitrogens with zero attached hydrogens (tertiary/aromatic N) is 2. The summed E-state index contributed by atoms with van der Waals surface area (Å²) in [6, 6.07) is -0.513. The Bertz CT molecular complexity index is 289. The van der Waals surface area contributed by atoms with Crippen LogP contribution in [0.25, 0.3) is 0 Å². The maximum absolute atomic E-state index is 12.7. The number of hydrogen-bond acceptors (Lipinski definition) is 4. The molecule has 5 nitrogen and oxygen atoms in total. The van der Waals surface area contributed by atoms with Gasteiger partial charge in [-0.2, -0.15) is 8.42 Å². The van der Waals surface area contributed by atoms with Crippen LogP contribution in [0.15, 0.2) is 12.4 Å². The average molecular weight is 225 g/mol. The van der Waals surface area contributed by atoms with Gasteiger partial charge in [0.1, 0.15) is 0 Å². The summed E-state index contributed by atoms with van der Waals surface area (Å²) in [5.74, 6) is 0. The fourth-order valence-corrected chi connectivity index (χ4v) is 1.55. The molecule has 0 fully saturated rings. The molecule has 0 saturated heterocycles. The molecule has 0 aliphatic heterocycles. The third-order valence-corrected chi connectivity index (χ3v) is 2.69. The quantitative estimate of drug-likeness (QED) is 0.521. The van der Waals surface area contributed by atoms with Gasteiger partial charge < -0.3 is 10.3 Å². The molecule has 0 rings (SSSR count). The lowest BCUT2D eigenvalue weighted by Crippen LogP contribution is -2.31. The van der Waals surface area contributed by atoms with Crippen molar-refractivity contribution in [1.29, 1.82) is 0 Å². The summed E-state index contributed by atoms with van der Waals surface area (Å²) in [6.45, 7) is 3.27. The number of hydrogen-bond donors (Lipinski definition) is 0. The largest absolute Gasteiger partial charge is 0.759 e. The zero-order valence-corrected chi connectivity index (χ0v) is 9.16. The Hall–Kier alpha value is -0.820. The van der Waals surface area contributed by atoms with Crippen molar-refractivity contribution < 1.29 is 12.3 Å². The minimum atomic E-state index is -4.79. The van der Waals surface area contributed by atoms with Crippen molar-refractivity contribution in [3.8, 4) is 0 Å². The third-order valence-electron chi connectivity index (χ3n) is 1.70. The highest BCUT2D eigenvalue weighted by molar-refractivity contribution is 7.84. The van der Waals surface area contributed by atoms with Crippen molar-refractivity contribution in [1.82, 2.24) is 9.37 Å². The summed E-state index contributed by atoms with van der Waals surface area (Å²) in [4.78, 5) is 0. The Labute approximate surface area is 83.7 Å². The lowest BCUT2D eigenvalue weighted by Gasteiger charge is -2.24. The summed E-state index contributed by atoms with van der Waals surface area (Å²) >= 11 is 0. The van der Waals surface area contributed by atoms with Crippen LogP contribution in [0.3, 0.4) is 0 Å². The molecule has 1 unspecified atom stereocenters. The fraction of sp³-hybridized carbons (Fsp3) is 0.714. The molecule has 0 aliphatic carbocycles. The highest BCUT2D eigenvalue weighted by Gasteiger charge is 2.21. The Balaban J connectivity index is 4.76. The normalized spacial score (nSPS) is 14.4. The van der Waals surface area contributed by atoms with Crippen LogP contribution in [-0.2, 0) is 10.4 Å². The molecule has 0 spiro atoms. The molecule has 0 radical (unpaired) electrons. The molecule has 0 bridgehead atoms. The van der Waals surface area contributed by atoms with E-state index in [1.165, 1.54) is 7.05 Å². The third kappa shape index (κ3) is 4.43. The molecule has 0 aromatic carbocycles. The van der Waals surface area contributed by atoms with Crippen molar-refractivity contribution in [2.45, 2.75) is 26.3 Å². The first-order valence-electron chi connectivity index (χ1n) is 4.10. The molecule has 7 heteroatoms. The van der Waals surface area contributed by atoms with Gasteiger partial charge in [0, 0.05) is 18.4 Å². The Morgan fingerprint density at radius 3 is 2.29 bits per heavy atom. The first kappa shape index (κ1) is 13.2. The van der Waals surface area contributed by atoms with Gasteiger partial charge in [-0.25, -0.2) is 4.31 Å². The molecule has 0 aromatic rings. The average Bonchev–Trinajstić information content (AvgIpc) is 2.01. The van der Waals surface area contributed by atoms with E-state index >= 15 is 0 Å². The predicted octanol–water partition coefficient (Wildman–Crippen LogP) is 1.20. The van der Waals surface area contributed by atoms with Gasteiger partial charge in [-0.3, -0.25) is 0 Å². The van der Waals surface area contributed by atoms with Crippen molar-refractivity contribution >= 4 is 10.4 Å². The van der Waals surface area contributed by atoms with Crippen molar-refractivity contribution in [2.24, 2.45) is 0 Å². The molecular weight excluding hydrogens is 211 g/mol. The predicted molar refractivity (Wildman–Crippen MR) is 51.9 cm³/mol. The molecule has 0 saturated carbocycles. The summed E-state index contributed by atoms with van der Waals surface area (Å²) in [5, 5.41) is 10.9. The van der Waals surface area contributed by atoms with E-state index in [0.29, 0.717) is 15.8 Å². The van der Waals surface area contributed by atoms with E-state index in [-0.39, 0.29) is 0 Å². The van der Waals surface area contributed by atoms with E-state index in [1.54, 1.807) is 13.8 Å². The van der Waals surface area contributed by atoms with Crippen LogP contribution in [0.1, 0.15) is 20.3 Å². The highest BCUT2D eigenvalue weighted by Crippen LogP contribution is 2.12. The standard InChI is InChI=1S/C7H14FN2O3S/c1-4-7(2)10(14(8,12)13)6-5-9(3)11/h5-7H,4H2,1-3H3/q-1/b6-5-. The maximum Gasteiger partial charge on any atom is 0.399 e. The molecule has 14 heavy (non-hydrogen) atoms. The van der Waals surface area contributed by atoms with Gasteiger partial charge in [0.15, 0.2) is 0 Å². The van der Waals surface area contributed by atoms with Gasteiger partial charge in [0.05, 0.1) is 0 Å². The molecule has 0 amide bonds. The number of rotatable bonds is 5. The van der Waals surface area contributed by atoms with E-state index in [9.17, 15) is 17.5 Å². The second-order valence-corrected chi connectivity index (χ2v) is 4.12. The summed E-state index contributed by atoms with van der Waals surface area (Å²) in [6.07, 6.45) is 2.30. The molecule has 1 atom stereocenters. The fourth-order valence-electron chi connectivity index (χ4n) is 0.774. The first-order valence-corrected chi connectivity index (χ1v) is 5.44. The number of hydroxylamine groups is 2. The SMILES string of the molecule is CCC(C)N(/C=C\N(C)[O-])S(=O)(=O)F. The van der Waals surface area contributed by atoms with Crippen LogP contribution >= 0.6 is 0 Å². The van der Waals surface area contributed by atoms with Gasteiger partial charge in [-0.05, 0) is 20.4 Å². The van der Waals surface area contributed by atoms with Crippen molar-refractivity contribution in [3.05, 3.63) is 17.6 Å². The summed E-state index contributed by atoms with van der Waals surface area (Å²) < 4.78 is 34.4. The molecule has 0 aromatic heterocycles. The number of halogens is 1. The highest BCUT2D eigenvalue weighted by atomic mass is 32.3. The minimum Gasteiger partial charge on any atom is -0.759 e. The zero-order valence-electron chi connectivity index (χ0n) is 8.34. The second kappa shape index (κ2) is 5.16. The maximum atomic E-state index is 12.7. The van der Waals surface area contributed by atoms with Crippen LogP contribution in [0, 0.1) is 5.21 Å². The molecule has 0 aliphatic rings. The monoisotopic (exact) mass is 225 g/mol. The van der Waals surface area contributed by atoms with Gasteiger partial charge in [-0.15, -0.1) is 0 Å². The van der Waals surface area contributed by atoms with Crippen LogP contribution in [0.2, 0.25) is 0 Å².